The molecule has 9 nitrogen and oxygen atoms in total. The van der Waals surface area contributed by atoms with Crippen molar-refractivity contribution in [3.05, 3.63) is 53.5 Å². The zero-order valence-electron chi connectivity index (χ0n) is 18.0. The monoisotopic (exact) mass is 464 g/mol. The van der Waals surface area contributed by atoms with Gasteiger partial charge >= 0.3 is 18.2 Å². The van der Waals surface area contributed by atoms with Gasteiger partial charge in [0.1, 0.15) is 16.9 Å². The Hall–Kier alpha value is -3.96. The summed E-state index contributed by atoms with van der Waals surface area (Å²) >= 11 is 0. The maximum atomic E-state index is 12.8. The van der Waals surface area contributed by atoms with E-state index in [1.165, 1.54) is 18.5 Å². The smallest absolute Gasteiger partial charge is 0.435 e. The van der Waals surface area contributed by atoms with Crippen LogP contribution >= 0.6 is 0 Å². The zero-order chi connectivity index (χ0) is 24.6. The summed E-state index contributed by atoms with van der Waals surface area (Å²) in [4.78, 5) is 23.5. The van der Waals surface area contributed by atoms with E-state index >= 15 is 0 Å². The minimum Gasteiger partial charge on any atom is -0.477 e. The largest absolute Gasteiger partial charge is 0.477 e. The number of nitrogens with zero attached hydrogens (tertiary/aromatic N) is 4. The van der Waals surface area contributed by atoms with Crippen LogP contribution in [0.25, 0.3) is 11.1 Å². The fourth-order valence-corrected chi connectivity index (χ4v) is 2.68. The lowest BCUT2D eigenvalue weighted by Crippen LogP contribution is -2.27. The predicted molar refractivity (Wildman–Crippen MR) is 108 cm³/mol. The first-order valence-corrected chi connectivity index (χ1v) is 9.50. The van der Waals surface area contributed by atoms with Gasteiger partial charge in [-0.25, -0.2) is 9.59 Å². The number of carboxylic acid groups (broad SMARTS) is 1. The number of benzene rings is 1. The van der Waals surface area contributed by atoms with Crippen LogP contribution < -0.4 is 4.74 Å². The van der Waals surface area contributed by atoms with Crippen molar-refractivity contribution in [1.82, 2.24) is 20.0 Å². The molecule has 1 aromatic carbocycles. The molecular formula is C21H19F3N4O5. The number of halogens is 3. The first kappa shape index (κ1) is 23.7. The van der Waals surface area contributed by atoms with E-state index < -0.39 is 41.0 Å². The first-order chi connectivity index (χ1) is 15.2. The molecule has 0 bridgehead atoms. The number of carbonyl (C=O) groups is 2. The Labute approximate surface area is 185 Å². The summed E-state index contributed by atoms with van der Waals surface area (Å²) in [5.41, 5.74) is -1.13. The second-order valence-electron chi connectivity index (χ2n) is 7.99. The van der Waals surface area contributed by atoms with Crippen LogP contribution in [-0.2, 0) is 10.9 Å². The van der Waals surface area contributed by atoms with Crippen LogP contribution in [0.4, 0.5) is 18.0 Å². The lowest BCUT2D eigenvalue weighted by atomic mass is 10.1. The molecule has 3 aromatic rings. The molecule has 3 rings (SSSR count). The summed E-state index contributed by atoms with van der Waals surface area (Å²) in [7, 11) is 0. The molecule has 0 aliphatic rings. The van der Waals surface area contributed by atoms with Gasteiger partial charge in [0.15, 0.2) is 5.69 Å². The Bertz CT molecular complexity index is 1220. The average molecular weight is 464 g/mol. The molecule has 0 amide bonds. The fraction of sp³-hybridized carbons (Fsp3) is 0.286. The number of hydrogen-bond acceptors (Lipinski definition) is 7. The van der Waals surface area contributed by atoms with Crippen molar-refractivity contribution in [2.75, 3.05) is 0 Å². The van der Waals surface area contributed by atoms with Gasteiger partial charge in [-0.2, -0.15) is 23.0 Å². The van der Waals surface area contributed by atoms with E-state index in [1.54, 1.807) is 39.8 Å². The molecule has 0 spiro atoms. The number of rotatable bonds is 4. The van der Waals surface area contributed by atoms with E-state index in [2.05, 4.69) is 15.3 Å². The highest BCUT2D eigenvalue weighted by Crippen LogP contribution is 2.33. The molecule has 0 fully saturated rings. The number of aromatic nitrogens is 4. The third-order valence-corrected chi connectivity index (χ3v) is 4.16. The Morgan fingerprint density at radius 3 is 2.33 bits per heavy atom. The van der Waals surface area contributed by atoms with Crippen LogP contribution in [0.15, 0.2) is 36.7 Å². The summed E-state index contributed by atoms with van der Waals surface area (Å²) in [6.07, 6.45) is -2.56. The SMILES string of the molecule is Cc1cc(-c2cnn(C(=O)OC(C)(C)C)c2)ccc1Oc1nnc(C(F)(F)F)cc1C(=O)O. The Balaban J connectivity index is 1.85. The predicted octanol–water partition coefficient (Wildman–Crippen LogP) is 4.94. The maximum absolute atomic E-state index is 12.8. The summed E-state index contributed by atoms with van der Waals surface area (Å²) in [5.74, 6) is -2.06. The topological polar surface area (TPSA) is 116 Å². The second-order valence-corrected chi connectivity index (χ2v) is 7.99. The van der Waals surface area contributed by atoms with Gasteiger partial charge in [0.05, 0.1) is 6.20 Å². The minimum absolute atomic E-state index is 0.162. The van der Waals surface area contributed by atoms with E-state index in [0.717, 1.165) is 4.68 Å². The van der Waals surface area contributed by atoms with Gasteiger partial charge in [0.25, 0.3) is 5.88 Å². The van der Waals surface area contributed by atoms with Gasteiger partial charge in [-0.05, 0) is 57.0 Å². The second kappa shape index (κ2) is 8.52. The zero-order valence-corrected chi connectivity index (χ0v) is 18.0. The van der Waals surface area contributed by atoms with Crippen LogP contribution in [-0.4, -0.2) is 42.7 Å². The summed E-state index contributed by atoms with van der Waals surface area (Å²) in [5, 5.41) is 19.6. The minimum atomic E-state index is -4.85. The van der Waals surface area contributed by atoms with E-state index in [-0.39, 0.29) is 5.75 Å². The number of aromatic carboxylic acids is 1. The van der Waals surface area contributed by atoms with Gasteiger partial charge in [-0.15, -0.1) is 10.2 Å². The van der Waals surface area contributed by atoms with Crippen molar-refractivity contribution in [2.45, 2.75) is 39.5 Å². The third-order valence-electron chi connectivity index (χ3n) is 4.16. The molecule has 0 aliphatic carbocycles. The molecule has 2 heterocycles. The van der Waals surface area contributed by atoms with E-state index in [4.69, 9.17) is 9.47 Å². The van der Waals surface area contributed by atoms with Crippen LogP contribution in [0.2, 0.25) is 0 Å². The standard InChI is InChI=1S/C21H19F3N4O5/c1-11-7-12(13-9-25-28(10-13)19(31)33-20(2,3)4)5-6-15(11)32-17-14(18(29)30)8-16(26-27-17)21(22,23)24/h5-10H,1-4H3,(H,29,30). The van der Waals surface area contributed by atoms with Crippen molar-refractivity contribution in [2.24, 2.45) is 0 Å². The molecule has 1 N–H and O–H groups in total. The van der Waals surface area contributed by atoms with Gasteiger partial charge in [0.2, 0.25) is 0 Å². The van der Waals surface area contributed by atoms with Crippen molar-refractivity contribution in [1.29, 1.82) is 0 Å². The van der Waals surface area contributed by atoms with E-state index in [1.807, 2.05) is 0 Å². The number of aryl methyl sites for hydroxylation is 1. The lowest BCUT2D eigenvalue weighted by molar-refractivity contribution is -0.141. The molecule has 12 heteroatoms. The molecule has 0 saturated heterocycles. The number of hydrogen-bond donors (Lipinski definition) is 1. The number of ether oxygens (including phenoxy) is 2. The summed E-state index contributed by atoms with van der Waals surface area (Å²) in [6, 6.07) is 5.13. The highest BCUT2D eigenvalue weighted by Gasteiger charge is 2.35. The molecule has 0 saturated carbocycles. The van der Waals surface area contributed by atoms with E-state index in [0.29, 0.717) is 22.8 Å². The molecule has 0 atom stereocenters. The Morgan fingerprint density at radius 1 is 1.06 bits per heavy atom. The van der Waals surface area contributed by atoms with Gasteiger partial charge in [-0.1, -0.05) is 6.07 Å². The van der Waals surface area contributed by atoms with Crippen LogP contribution in [0.5, 0.6) is 11.6 Å². The van der Waals surface area contributed by atoms with Gasteiger partial charge in [-0.3, -0.25) is 0 Å². The molecular weight excluding hydrogens is 445 g/mol. The molecule has 174 valence electrons. The van der Waals surface area contributed by atoms with E-state index in [9.17, 15) is 27.9 Å². The lowest BCUT2D eigenvalue weighted by Gasteiger charge is -2.18. The number of alkyl halides is 3. The first-order valence-electron chi connectivity index (χ1n) is 9.50. The Kier molecular flexibility index (Phi) is 6.12. The van der Waals surface area contributed by atoms with Crippen LogP contribution in [0, 0.1) is 6.92 Å². The third kappa shape index (κ3) is 5.64. The normalized spacial score (nSPS) is 11.8. The number of carbonyl (C=O) groups excluding carboxylic acids is 1. The van der Waals surface area contributed by atoms with Crippen LogP contribution in [0.3, 0.4) is 0 Å². The highest BCUT2D eigenvalue weighted by molar-refractivity contribution is 5.90. The molecule has 33 heavy (non-hydrogen) atoms. The molecule has 0 radical (unpaired) electrons. The highest BCUT2D eigenvalue weighted by atomic mass is 19.4. The fourth-order valence-electron chi connectivity index (χ4n) is 2.68. The summed E-state index contributed by atoms with van der Waals surface area (Å²) < 4.78 is 50.2. The molecule has 0 unspecified atom stereocenters. The van der Waals surface area contributed by atoms with Gasteiger partial charge < -0.3 is 14.6 Å². The quantitative estimate of drug-likeness (QED) is 0.577. The van der Waals surface area contributed by atoms with Crippen molar-refractivity contribution in [3.8, 4) is 22.8 Å². The number of carboxylic acids is 1. The van der Waals surface area contributed by atoms with Crippen molar-refractivity contribution < 1.29 is 37.3 Å². The van der Waals surface area contributed by atoms with Crippen molar-refractivity contribution >= 4 is 12.1 Å². The van der Waals surface area contributed by atoms with Gasteiger partial charge in [0, 0.05) is 11.8 Å². The Morgan fingerprint density at radius 2 is 1.76 bits per heavy atom. The average Bonchev–Trinajstić information content (AvgIpc) is 3.18. The maximum Gasteiger partial charge on any atom is 0.435 e. The van der Waals surface area contributed by atoms with Crippen molar-refractivity contribution in [3.63, 3.8) is 0 Å². The molecule has 2 aromatic heterocycles. The van der Waals surface area contributed by atoms with Crippen LogP contribution in [0.1, 0.15) is 42.4 Å². The summed E-state index contributed by atoms with van der Waals surface area (Å²) in [6.45, 7) is 6.84. The molecule has 0 aliphatic heterocycles.